The van der Waals surface area contributed by atoms with Crippen LogP contribution < -0.4 is 5.32 Å². The third kappa shape index (κ3) is 2.05. The van der Waals surface area contributed by atoms with Gasteiger partial charge in [-0.15, -0.1) is 0 Å². The van der Waals surface area contributed by atoms with Gasteiger partial charge >= 0.3 is 0 Å². The standard InChI is InChI=1S/C14H16N2O/c1-10-5-6-12(16-10)11-3-2-4-14-13(9-11)15-7-8-17-14/h2-3,6,9,15H,4-5,7-8H2,1H3. The van der Waals surface area contributed by atoms with Crippen LogP contribution in [0.4, 0.5) is 0 Å². The van der Waals surface area contributed by atoms with Crippen LogP contribution in [0.25, 0.3) is 0 Å². The fourth-order valence-corrected chi connectivity index (χ4v) is 2.22. The maximum Gasteiger partial charge on any atom is 0.123 e. The lowest BCUT2D eigenvalue weighted by molar-refractivity contribution is 0.189. The van der Waals surface area contributed by atoms with E-state index in [1.54, 1.807) is 0 Å². The summed E-state index contributed by atoms with van der Waals surface area (Å²) in [5, 5.41) is 3.39. The van der Waals surface area contributed by atoms with Gasteiger partial charge in [-0.3, -0.25) is 4.99 Å². The minimum Gasteiger partial charge on any atom is -0.494 e. The number of ether oxygens (including phenoxy) is 1. The number of nitrogens with one attached hydrogen (secondary N) is 1. The van der Waals surface area contributed by atoms with Crippen molar-refractivity contribution in [2.24, 2.45) is 4.99 Å². The van der Waals surface area contributed by atoms with Gasteiger partial charge in [0.25, 0.3) is 0 Å². The summed E-state index contributed by atoms with van der Waals surface area (Å²) in [6.45, 7) is 3.71. The summed E-state index contributed by atoms with van der Waals surface area (Å²) in [7, 11) is 0. The number of rotatable bonds is 1. The normalized spacial score (nSPS) is 23.0. The second-order valence-electron chi connectivity index (χ2n) is 4.46. The van der Waals surface area contributed by atoms with Crippen LogP contribution in [0.15, 0.2) is 52.0 Å². The lowest BCUT2D eigenvalue weighted by Gasteiger charge is -2.20. The highest BCUT2D eigenvalue weighted by Gasteiger charge is 2.16. The zero-order valence-corrected chi connectivity index (χ0v) is 9.99. The molecule has 2 heterocycles. The summed E-state index contributed by atoms with van der Waals surface area (Å²) in [4.78, 5) is 4.56. The fraction of sp³-hybridized carbons (Fsp3) is 0.357. The van der Waals surface area contributed by atoms with Crippen LogP contribution in [0.3, 0.4) is 0 Å². The lowest BCUT2D eigenvalue weighted by Crippen LogP contribution is -2.25. The van der Waals surface area contributed by atoms with E-state index in [2.05, 4.69) is 41.5 Å². The Morgan fingerprint density at radius 3 is 3.12 bits per heavy atom. The number of allylic oxidation sites excluding steroid dienone is 4. The first-order chi connectivity index (χ1) is 8.33. The second kappa shape index (κ2) is 4.24. The Kier molecular flexibility index (Phi) is 2.59. The molecule has 2 aliphatic heterocycles. The van der Waals surface area contributed by atoms with Crippen molar-refractivity contribution < 1.29 is 4.74 Å². The molecule has 0 aromatic rings. The average molecular weight is 228 g/mol. The molecule has 0 atom stereocenters. The Balaban J connectivity index is 1.95. The molecule has 0 saturated carbocycles. The summed E-state index contributed by atoms with van der Waals surface area (Å²) in [6.07, 6.45) is 10.4. The van der Waals surface area contributed by atoms with E-state index in [4.69, 9.17) is 4.74 Å². The highest BCUT2D eigenvalue weighted by Crippen LogP contribution is 2.26. The molecule has 0 bridgehead atoms. The van der Waals surface area contributed by atoms with E-state index >= 15 is 0 Å². The van der Waals surface area contributed by atoms with Crippen molar-refractivity contribution >= 4 is 5.71 Å². The Bertz CT molecular complexity index is 492. The van der Waals surface area contributed by atoms with Gasteiger partial charge in [-0.1, -0.05) is 18.2 Å². The predicted molar refractivity (Wildman–Crippen MR) is 68.6 cm³/mol. The van der Waals surface area contributed by atoms with Gasteiger partial charge in [-0.05, 0) is 13.0 Å². The zero-order valence-electron chi connectivity index (χ0n) is 9.99. The van der Waals surface area contributed by atoms with Gasteiger partial charge < -0.3 is 10.1 Å². The van der Waals surface area contributed by atoms with Crippen molar-refractivity contribution in [1.82, 2.24) is 5.32 Å². The smallest absolute Gasteiger partial charge is 0.123 e. The summed E-state index contributed by atoms with van der Waals surface area (Å²) >= 11 is 0. The monoisotopic (exact) mass is 228 g/mol. The van der Waals surface area contributed by atoms with Crippen LogP contribution in [-0.4, -0.2) is 18.9 Å². The quantitative estimate of drug-likeness (QED) is 0.748. The second-order valence-corrected chi connectivity index (χ2v) is 4.46. The van der Waals surface area contributed by atoms with Crippen molar-refractivity contribution in [3.8, 4) is 0 Å². The Morgan fingerprint density at radius 2 is 2.29 bits per heavy atom. The van der Waals surface area contributed by atoms with Crippen molar-refractivity contribution in [1.29, 1.82) is 0 Å². The molecule has 0 aromatic carbocycles. The Morgan fingerprint density at radius 1 is 1.35 bits per heavy atom. The average Bonchev–Trinajstić information content (AvgIpc) is 2.65. The minimum atomic E-state index is 0.760. The van der Waals surface area contributed by atoms with Gasteiger partial charge in [-0.25, -0.2) is 0 Å². The van der Waals surface area contributed by atoms with Crippen LogP contribution in [0, 0.1) is 0 Å². The van der Waals surface area contributed by atoms with Gasteiger partial charge in [0.05, 0.1) is 11.4 Å². The van der Waals surface area contributed by atoms with Crippen LogP contribution in [-0.2, 0) is 4.74 Å². The minimum absolute atomic E-state index is 0.760. The Labute approximate surface area is 101 Å². The predicted octanol–water partition coefficient (Wildman–Crippen LogP) is 2.45. The maximum absolute atomic E-state index is 5.66. The molecule has 0 radical (unpaired) electrons. The molecule has 0 fully saturated rings. The molecule has 0 unspecified atom stereocenters. The van der Waals surface area contributed by atoms with E-state index in [1.807, 2.05) is 0 Å². The maximum atomic E-state index is 5.66. The van der Waals surface area contributed by atoms with E-state index in [9.17, 15) is 0 Å². The van der Waals surface area contributed by atoms with Crippen LogP contribution in [0.5, 0.6) is 0 Å². The molecule has 1 N–H and O–H groups in total. The number of hydrogen-bond acceptors (Lipinski definition) is 3. The Hall–Kier alpha value is -1.77. The highest BCUT2D eigenvalue weighted by molar-refractivity contribution is 5.87. The molecule has 0 aromatic heterocycles. The van der Waals surface area contributed by atoms with Crippen LogP contribution >= 0.6 is 0 Å². The van der Waals surface area contributed by atoms with E-state index in [0.717, 1.165) is 43.1 Å². The van der Waals surface area contributed by atoms with Gasteiger partial charge in [0.1, 0.15) is 12.4 Å². The molecule has 3 rings (SSSR count). The van der Waals surface area contributed by atoms with E-state index in [1.165, 1.54) is 11.3 Å². The first-order valence-corrected chi connectivity index (χ1v) is 6.06. The molecule has 0 amide bonds. The van der Waals surface area contributed by atoms with Crippen molar-refractivity contribution in [2.45, 2.75) is 19.8 Å². The van der Waals surface area contributed by atoms with E-state index < -0.39 is 0 Å². The number of aliphatic imine (C=N–C) groups is 1. The summed E-state index contributed by atoms with van der Waals surface area (Å²) in [5.41, 5.74) is 4.54. The van der Waals surface area contributed by atoms with Crippen LogP contribution in [0.2, 0.25) is 0 Å². The summed E-state index contributed by atoms with van der Waals surface area (Å²) < 4.78 is 5.66. The first-order valence-electron chi connectivity index (χ1n) is 6.06. The SMILES string of the molecule is CC1=NC(C2=CC3=C(CC=C2)OCCN3)=CC1. The molecule has 0 saturated heterocycles. The topological polar surface area (TPSA) is 33.6 Å². The van der Waals surface area contributed by atoms with E-state index in [-0.39, 0.29) is 0 Å². The largest absolute Gasteiger partial charge is 0.494 e. The molecular formula is C14H16N2O. The highest BCUT2D eigenvalue weighted by atomic mass is 16.5. The third-order valence-electron chi connectivity index (χ3n) is 3.09. The molecule has 88 valence electrons. The van der Waals surface area contributed by atoms with Crippen molar-refractivity contribution in [3.63, 3.8) is 0 Å². The van der Waals surface area contributed by atoms with Crippen molar-refractivity contribution in [2.75, 3.05) is 13.2 Å². The van der Waals surface area contributed by atoms with Gasteiger partial charge in [0.2, 0.25) is 0 Å². The van der Waals surface area contributed by atoms with Gasteiger partial charge in [0, 0.05) is 30.7 Å². The van der Waals surface area contributed by atoms with E-state index in [0.29, 0.717) is 0 Å². The van der Waals surface area contributed by atoms with Gasteiger partial charge in [-0.2, -0.15) is 0 Å². The zero-order chi connectivity index (χ0) is 11.7. The lowest BCUT2D eigenvalue weighted by atomic mass is 10.1. The number of hydrogen-bond donors (Lipinski definition) is 1. The first kappa shape index (κ1) is 10.4. The van der Waals surface area contributed by atoms with Gasteiger partial charge in [0.15, 0.2) is 0 Å². The van der Waals surface area contributed by atoms with Crippen LogP contribution in [0.1, 0.15) is 19.8 Å². The molecule has 3 heteroatoms. The molecule has 0 spiro atoms. The molecule has 3 nitrogen and oxygen atoms in total. The van der Waals surface area contributed by atoms with Crippen molar-refractivity contribution in [3.05, 3.63) is 47.0 Å². The number of nitrogens with zero attached hydrogens (tertiary/aromatic N) is 1. The molecular weight excluding hydrogens is 212 g/mol. The summed E-state index contributed by atoms with van der Waals surface area (Å²) in [6, 6.07) is 0. The molecule has 3 aliphatic rings. The third-order valence-corrected chi connectivity index (χ3v) is 3.09. The molecule has 1 aliphatic carbocycles. The fourth-order valence-electron chi connectivity index (χ4n) is 2.22. The molecule has 17 heavy (non-hydrogen) atoms. The summed E-state index contributed by atoms with van der Waals surface area (Å²) in [5.74, 6) is 1.04.